The van der Waals surface area contributed by atoms with E-state index in [1.54, 1.807) is 12.4 Å². The van der Waals surface area contributed by atoms with Crippen molar-refractivity contribution in [1.29, 1.82) is 0 Å². The fourth-order valence-electron chi connectivity index (χ4n) is 2.19. The van der Waals surface area contributed by atoms with E-state index >= 15 is 0 Å². The SMILES string of the molecule is CC(N)C1CCCCN1c1ncccn1. The van der Waals surface area contributed by atoms with Crippen LogP contribution in [0.25, 0.3) is 0 Å². The Hall–Kier alpha value is -1.16. The van der Waals surface area contributed by atoms with Gasteiger partial charge in [0.2, 0.25) is 5.95 Å². The van der Waals surface area contributed by atoms with Crippen molar-refractivity contribution in [3.8, 4) is 0 Å². The van der Waals surface area contributed by atoms with Crippen molar-refractivity contribution < 1.29 is 0 Å². The van der Waals surface area contributed by atoms with Gasteiger partial charge in [0, 0.05) is 31.0 Å². The molecule has 0 saturated carbocycles. The molecule has 0 amide bonds. The third-order valence-corrected chi connectivity index (χ3v) is 2.97. The highest BCUT2D eigenvalue weighted by Crippen LogP contribution is 2.22. The number of hydrogen-bond donors (Lipinski definition) is 1. The first kappa shape index (κ1) is 10.4. The number of anilines is 1. The molecule has 2 atom stereocenters. The second-order valence-corrected chi connectivity index (χ2v) is 4.16. The lowest BCUT2D eigenvalue weighted by molar-refractivity contribution is 0.408. The molecular weight excluding hydrogens is 188 g/mol. The smallest absolute Gasteiger partial charge is 0.225 e. The molecule has 0 radical (unpaired) electrons. The Morgan fingerprint density at radius 2 is 2.13 bits per heavy atom. The fraction of sp³-hybridized carbons (Fsp3) is 0.636. The molecule has 1 saturated heterocycles. The van der Waals surface area contributed by atoms with Crippen molar-refractivity contribution in [2.75, 3.05) is 11.4 Å². The predicted molar refractivity (Wildman–Crippen MR) is 60.7 cm³/mol. The molecule has 4 nitrogen and oxygen atoms in total. The van der Waals surface area contributed by atoms with Crippen LogP contribution in [0.2, 0.25) is 0 Å². The molecule has 2 rings (SSSR count). The normalized spacial score (nSPS) is 23.9. The molecule has 2 unspecified atom stereocenters. The highest BCUT2D eigenvalue weighted by atomic mass is 15.3. The van der Waals surface area contributed by atoms with Gasteiger partial charge in [-0.2, -0.15) is 0 Å². The van der Waals surface area contributed by atoms with E-state index in [-0.39, 0.29) is 6.04 Å². The van der Waals surface area contributed by atoms with E-state index in [2.05, 4.69) is 21.8 Å². The summed E-state index contributed by atoms with van der Waals surface area (Å²) in [4.78, 5) is 10.8. The van der Waals surface area contributed by atoms with Crippen LogP contribution in [-0.4, -0.2) is 28.6 Å². The van der Waals surface area contributed by atoms with Crippen LogP contribution in [-0.2, 0) is 0 Å². The molecule has 1 aliphatic heterocycles. The minimum Gasteiger partial charge on any atom is -0.336 e. The molecule has 1 fully saturated rings. The summed E-state index contributed by atoms with van der Waals surface area (Å²) < 4.78 is 0. The number of hydrogen-bond acceptors (Lipinski definition) is 4. The molecule has 82 valence electrons. The van der Waals surface area contributed by atoms with Crippen LogP contribution >= 0.6 is 0 Å². The van der Waals surface area contributed by atoms with Gasteiger partial charge in [-0.05, 0) is 32.3 Å². The number of nitrogens with zero attached hydrogens (tertiary/aromatic N) is 3. The Morgan fingerprint density at radius 1 is 1.40 bits per heavy atom. The summed E-state index contributed by atoms with van der Waals surface area (Å²) in [6.07, 6.45) is 7.19. The van der Waals surface area contributed by atoms with Crippen molar-refractivity contribution in [3.63, 3.8) is 0 Å². The third kappa shape index (κ3) is 2.26. The number of piperidine rings is 1. The van der Waals surface area contributed by atoms with Crippen LogP contribution in [0.1, 0.15) is 26.2 Å². The van der Waals surface area contributed by atoms with Crippen LogP contribution in [0, 0.1) is 0 Å². The second kappa shape index (κ2) is 4.57. The second-order valence-electron chi connectivity index (χ2n) is 4.16. The van der Waals surface area contributed by atoms with Gasteiger partial charge >= 0.3 is 0 Å². The molecule has 1 aliphatic rings. The van der Waals surface area contributed by atoms with E-state index in [0.29, 0.717) is 6.04 Å². The molecule has 1 aromatic rings. The van der Waals surface area contributed by atoms with E-state index in [0.717, 1.165) is 18.9 Å². The highest BCUT2D eigenvalue weighted by Gasteiger charge is 2.26. The lowest BCUT2D eigenvalue weighted by Crippen LogP contribution is -2.49. The highest BCUT2D eigenvalue weighted by molar-refractivity contribution is 5.32. The van der Waals surface area contributed by atoms with Crippen molar-refractivity contribution in [1.82, 2.24) is 9.97 Å². The topological polar surface area (TPSA) is 55.0 Å². The molecule has 2 heterocycles. The van der Waals surface area contributed by atoms with Crippen LogP contribution in [0.4, 0.5) is 5.95 Å². The summed E-state index contributed by atoms with van der Waals surface area (Å²) in [5.41, 5.74) is 6.00. The lowest BCUT2D eigenvalue weighted by Gasteiger charge is -2.37. The van der Waals surface area contributed by atoms with Gasteiger partial charge < -0.3 is 10.6 Å². The predicted octanol–water partition coefficient (Wildman–Crippen LogP) is 1.18. The maximum absolute atomic E-state index is 6.00. The minimum atomic E-state index is 0.175. The third-order valence-electron chi connectivity index (χ3n) is 2.97. The van der Waals surface area contributed by atoms with E-state index in [4.69, 9.17) is 5.73 Å². The summed E-state index contributed by atoms with van der Waals surface area (Å²) >= 11 is 0. The zero-order valence-corrected chi connectivity index (χ0v) is 9.13. The molecule has 0 aromatic carbocycles. The van der Waals surface area contributed by atoms with Gasteiger partial charge in [0.25, 0.3) is 0 Å². The first-order valence-corrected chi connectivity index (χ1v) is 5.58. The van der Waals surface area contributed by atoms with Crippen LogP contribution in [0.15, 0.2) is 18.5 Å². The van der Waals surface area contributed by atoms with Gasteiger partial charge in [0.15, 0.2) is 0 Å². The lowest BCUT2D eigenvalue weighted by atomic mass is 9.97. The van der Waals surface area contributed by atoms with Crippen LogP contribution in [0.3, 0.4) is 0 Å². The van der Waals surface area contributed by atoms with Gasteiger partial charge in [-0.1, -0.05) is 0 Å². The fourth-order valence-corrected chi connectivity index (χ4v) is 2.19. The summed E-state index contributed by atoms with van der Waals surface area (Å²) in [7, 11) is 0. The molecule has 0 spiro atoms. The Morgan fingerprint density at radius 3 is 2.80 bits per heavy atom. The quantitative estimate of drug-likeness (QED) is 0.789. The Bertz CT molecular complexity index is 299. The van der Waals surface area contributed by atoms with Gasteiger partial charge in [-0.3, -0.25) is 0 Å². The molecule has 2 N–H and O–H groups in total. The monoisotopic (exact) mass is 206 g/mol. The average Bonchev–Trinajstić information content (AvgIpc) is 2.30. The maximum atomic E-state index is 6.00. The Labute approximate surface area is 90.5 Å². The van der Waals surface area contributed by atoms with Crippen LogP contribution < -0.4 is 10.6 Å². The summed E-state index contributed by atoms with van der Waals surface area (Å²) in [5.74, 6) is 0.819. The van der Waals surface area contributed by atoms with E-state index in [1.165, 1.54) is 12.8 Å². The molecule has 15 heavy (non-hydrogen) atoms. The molecule has 1 aromatic heterocycles. The van der Waals surface area contributed by atoms with E-state index < -0.39 is 0 Å². The minimum absolute atomic E-state index is 0.175. The maximum Gasteiger partial charge on any atom is 0.225 e. The van der Waals surface area contributed by atoms with Crippen LogP contribution in [0.5, 0.6) is 0 Å². The number of aromatic nitrogens is 2. The summed E-state index contributed by atoms with van der Waals surface area (Å²) in [5, 5.41) is 0. The van der Waals surface area contributed by atoms with Crippen molar-refractivity contribution in [2.45, 2.75) is 38.3 Å². The first-order chi connectivity index (χ1) is 7.29. The van der Waals surface area contributed by atoms with Gasteiger partial charge in [0.1, 0.15) is 0 Å². The van der Waals surface area contributed by atoms with E-state index in [1.807, 2.05) is 6.07 Å². The zero-order valence-electron chi connectivity index (χ0n) is 9.13. The summed E-state index contributed by atoms with van der Waals surface area (Å²) in [6, 6.07) is 2.41. The van der Waals surface area contributed by atoms with E-state index in [9.17, 15) is 0 Å². The van der Waals surface area contributed by atoms with Gasteiger partial charge in [0.05, 0.1) is 0 Å². The largest absolute Gasteiger partial charge is 0.336 e. The standard InChI is InChI=1S/C11H18N4/c1-9(12)10-5-2-3-8-15(10)11-13-6-4-7-14-11/h4,6-7,9-10H,2-3,5,8,12H2,1H3. The molecule has 4 heteroatoms. The van der Waals surface area contributed by atoms with Crippen molar-refractivity contribution in [2.24, 2.45) is 5.73 Å². The molecular formula is C11H18N4. The van der Waals surface area contributed by atoms with Gasteiger partial charge in [-0.15, -0.1) is 0 Å². The summed E-state index contributed by atoms with van der Waals surface area (Å²) in [6.45, 7) is 3.09. The number of rotatable bonds is 2. The Balaban J connectivity index is 2.18. The average molecular weight is 206 g/mol. The zero-order chi connectivity index (χ0) is 10.7. The van der Waals surface area contributed by atoms with Gasteiger partial charge in [-0.25, -0.2) is 9.97 Å². The van der Waals surface area contributed by atoms with Crippen molar-refractivity contribution >= 4 is 5.95 Å². The number of nitrogens with two attached hydrogens (primary N) is 1. The Kier molecular flexibility index (Phi) is 3.16. The molecule has 0 aliphatic carbocycles. The first-order valence-electron chi connectivity index (χ1n) is 5.58. The van der Waals surface area contributed by atoms with Crippen molar-refractivity contribution in [3.05, 3.63) is 18.5 Å². The molecule has 0 bridgehead atoms.